The number of rotatable bonds is 4. The summed E-state index contributed by atoms with van der Waals surface area (Å²) in [6.07, 6.45) is 5.36. The van der Waals surface area contributed by atoms with Crippen molar-refractivity contribution < 1.29 is 9.59 Å². The van der Waals surface area contributed by atoms with E-state index in [4.69, 9.17) is 0 Å². The van der Waals surface area contributed by atoms with Crippen LogP contribution in [0.5, 0.6) is 0 Å². The molecule has 3 aliphatic rings. The number of amides is 2. The minimum Gasteiger partial charge on any atom is -0.377 e. The van der Waals surface area contributed by atoms with Crippen LogP contribution >= 0.6 is 0 Å². The lowest BCUT2D eigenvalue weighted by molar-refractivity contribution is -0.122. The number of allylic oxidation sites excluding steroid dienone is 1. The molecule has 4 heteroatoms. The lowest BCUT2D eigenvalue weighted by Gasteiger charge is -2.33. The molecule has 1 saturated heterocycles. The Morgan fingerprint density at radius 2 is 1.64 bits per heavy atom. The van der Waals surface area contributed by atoms with Crippen molar-refractivity contribution in [1.29, 1.82) is 0 Å². The molecule has 4 nitrogen and oxygen atoms in total. The van der Waals surface area contributed by atoms with Gasteiger partial charge in [0, 0.05) is 11.3 Å². The predicted octanol–water partition coefficient (Wildman–Crippen LogP) is 4.49. The molecule has 2 amide bonds. The first kappa shape index (κ1) is 17.2. The van der Waals surface area contributed by atoms with Gasteiger partial charge < -0.3 is 5.32 Å². The quantitative estimate of drug-likeness (QED) is 0.805. The summed E-state index contributed by atoms with van der Waals surface area (Å²) in [6.45, 7) is 2.17. The summed E-state index contributed by atoms with van der Waals surface area (Å²) in [5.41, 5.74) is 4.10. The molecule has 4 atom stereocenters. The topological polar surface area (TPSA) is 49.4 Å². The molecular weight excluding hydrogens is 348 g/mol. The molecule has 2 aromatic carbocycles. The highest BCUT2D eigenvalue weighted by Gasteiger charge is 2.57. The fourth-order valence-electron chi connectivity index (χ4n) is 5.13. The molecule has 5 rings (SSSR count). The van der Waals surface area contributed by atoms with Crippen molar-refractivity contribution in [2.45, 2.75) is 32.2 Å². The van der Waals surface area contributed by atoms with Gasteiger partial charge >= 0.3 is 0 Å². The second kappa shape index (κ2) is 6.62. The van der Waals surface area contributed by atoms with Crippen LogP contribution in [-0.2, 0) is 9.59 Å². The average molecular weight is 372 g/mol. The van der Waals surface area contributed by atoms with Gasteiger partial charge in [-0.2, -0.15) is 0 Å². The first-order chi connectivity index (χ1) is 13.7. The van der Waals surface area contributed by atoms with E-state index in [0.29, 0.717) is 5.69 Å². The standard InChI is InChI=1S/C24H24N2O2/c1-2-3-9-15-14-18-17-12-7-8-13-19(17)25-22(18)21-20(15)23(27)26(24(21)28)16-10-5-4-6-11-16/h4-8,10-15,20-22,25H,2-3,9H2,1H3/t15-,20-,21-,22?/m1/s1. The summed E-state index contributed by atoms with van der Waals surface area (Å²) in [6, 6.07) is 17.4. The average Bonchev–Trinajstić information content (AvgIpc) is 3.22. The van der Waals surface area contributed by atoms with Crippen molar-refractivity contribution in [3.63, 3.8) is 0 Å². The van der Waals surface area contributed by atoms with Gasteiger partial charge in [-0.05, 0) is 36.1 Å². The number of carbonyl (C=O) groups is 2. The minimum absolute atomic E-state index is 0.0460. The summed E-state index contributed by atoms with van der Waals surface area (Å²) in [5, 5.41) is 3.54. The van der Waals surface area contributed by atoms with Gasteiger partial charge in [0.25, 0.3) is 0 Å². The maximum Gasteiger partial charge on any atom is 0.240 e. The molecule has 142 valence electrons. The van der Waals surface area contributed by atoms with Gasteiger partial charge in [0.05, 0.1) is 23.6 Å². The number of para-hydroxylation sites is 2. The number of hydrogen-bond donors (Lipinski definition) is 1. The Morgan fingerprint density at radius 1 is 0.929 bits per heavy atom. The lowest BCUT2D eigenvalue weighted by Crippen LogP contribution is -2.41. The minimum atomic E-state index is -0.345. The van der Waals surface area contributed by atoms with Crippen LogP contribution in [0.2, 0.25) is 0 Å². The summed E-state index contributed by atoms with van der Waals surface area (Å²) >= 11 is 0. The van der Waals surface area contributed by atoms with E-state index in [1.54, 1.807) is 0 Å². The molecule has 1 fully saturated rings. The smallest absolute Gasteiger partial charge is 0.240 e. The number of fused-ring (bicyclic) bond motifs is 5. The van der Waals surface area contributed by atoms with Gasteiger partial charge in [-0.25, -0.2) is 4.90 Å². The summed E-state index contributed by atoms with van der Waals surface area (Å²) in [5.74, 6) is -0.639. The highest BCUT2D eigenvalue weighted by molar-refractivity contribution is 6.23. The molecule has 0 aromatic heterocycles. The number of nitrogens with one attached hydrogen (secondary N) is 1. The molecule has 1 N–H and O–H groups in total. The molecule has 2 aromatic rings. The second-order valence-corrected chi connectivity index (χ2v) is 7.99. The second-order valence-electron chi connectivity index (χ2n) is 7.99. The number of carbonyl (C=O) groups excluding carboxylic acids is 2. The predicted molar refractivity (Wildman–Crippen MR) is 111 cm³/mol. The van der Waals surface area contributed by atoms with E-state index in [9.17, 15) is 9.59 Å². The lowest BCUT2D eigenvalue weighted by atomic mass is 9.70. The third-order valence-electron chi connectivity index (χ3n) is 6.40. The summed E-state index contributed by atoms with van der Waals surface area (Å²) < 4.78 is 0. The number of nitrogens with zero attached hydrogens (tertiary/aromatic N) is 1. The molecular formula is C24H24N2O2. The van der Waals surface area contributed by atoms with Crippen LogP contribution in [0.3, 0.4) is 0 Å². The van der Waals surface area contributed by atoms with E-state index in [1.165, 1.54) is 16.0 Å². The highest BCUT2D eigenvalue weighted by atomic mass is 16.2. The third-order valence-corrected chi connectivity index (χ3v) is 6.40. The molecule has 0 bridgehead atoms. The van der Waals surface area contributed by atoms with Crippen molar-refractivity contribution in [2.24, 2.45) is 17.8 Å². The number of imide groups is 1. The zero-order chi connectivity index (χ0) is 19.3. The number of anilines is 2. The van der Waals surface area contributed by atoms with E-state index in [0.717, 1.165) is 24.9 Å². The fraction of sp³-hybridized carbons (Fsp3) is 0.333. The van der Waals surface area contributed by atoms with E-state index >= 15 is 0 Å². The highest BCUT2D eigenvalue weighted by Crippen LogP contribution is 2.51. The van der Waals surface area contributed by atoms with Crippen molar-refractivity contribution >= 4 is 28.8 Å². The van der Waals surface area contributed by atoms with Gasteiger partial charge in [0.15, 0.2) is 0 Å². The van der Waals surface area contributed by atoms with Gasteiger partial charge in [-0.1, -0.05) is 62.2 Å². The first-order valence-electron chi connectivity index (χ1n) is 10.2. The Morgan fingerprint density at radius 3 is 2.43 bits per heavy atom. The van der Waals surface area contributed by atoms with Gasteiger partial charge in [0.1, 0.15) is 0 Å². The largest absolute Gasteiger partial charge is 0.377 e. The number of hydrogen-bond acceptors (Lipinski definition) is 3. The maximum atomic E-state index is 13.5. The Balaban J connectivity index is 1.59. The molecule has 1 unspecified atom stereocenters. The maximum absolute atomic E-state index is 13.5. The zero-order valence-corrected chi connectivity index (χ0v) is 16.0. The van der Waals surface area contributed by atoms with Crippen molar-refractivity contribution in [1.82, 2.24) is 0 Å². The molecule has 1 aliphatic carbocycles. The van der Waals surface area contributed by atoms with E-state index < -0.39 is 0 Å². The Kier molecular flexibility index (Phi) is 4.08. The van der Waals surface area contributed by atoms with Crippen LogP contribution in [0, 0.1) is 17.8 Å². The van der Waals surface area contributed by atoms with Crippen LogP contribution in [0.1, 0.15) is 31.7 Å². The van der Waals surface area contributed by atoms with Gasteiger partial charge in [-0.3, -0.25) is 9.59 Å². The molecule has 0 radical (unpaired) electrons. The monoisotopic (exact) mass is 372 g/mol. The van der Waals surface area contributed by atoms with Crippen LogP contribution < -0.4 is 10.2 Å². The van der Waals surface area contributed by atoms with Crippen LogP contribution in [-0.4, -0.2) is 17.9 Å². The van der Waals surface area contributed by atoms with Crippen LogP contribution in [0.4, 0.5) is 11.4 Å². The Bertz CT molecular complexity index is 966. The van der Waals surface area contributed by atoms with Crippen LogP contribution in [0.15, 0.2) is 60.7 Å². The molecule has 0 spiro atoms. The fourth-order valence-corrected chi connectivity index (χ4v) is 5.13. The Hall–Kier alpha value is -2.88. The van der Waals surface area contributed by atoms with E-state index in [2.05, 4.69) is 30.4 Å². The normalized spacial score (nSPS) is 27.8. The number of benzene rings is 2. The van der Waals surface area contributed by atoms with E-state index in [1.807, 2.05) is 42.5 Å². The van der Waals surface area contributed by atoms with Gasteiger partial charge in [0.2, 0.25) is 11.8 Å². The summed E-state index contributed by atoms with van der Waals surface area (Å²) in [7, 11) is 0. The first-order valence-corrected chi connectivity index (χ1v) is 10.2. The SMILES string of the molecule is CCCC[C@@H]1C=C2c3ccccc3NC2[C@@H]2C(=O)N(c3ccccc3)C(=O)[C@H]12. The molecule has 2 heterocycles. The van der Waals surface area contributed by atoms with Gasteiger partial charge in [-0.15, -0.1) is 0 Å². The zero-order valence-electron chi connectivity index (χ0n) is 16.0. The van der Waals surface area contributed by atoms with Crippen molar-refractivity contribution in [3.8, 4) is 0 Å². The molecule has 0 saturated carbocycles. The molecule has 2 aliphatic heterocycles. The van der Waals surface area contributed by atoms with Crippen molar-refractivity contribution in [2.75, 3.05) is 10.2 Å². The van der Waals surface area contributed by atoms with E-state index in [-0.39, 0.29) is 35.6 Å². The molecule has 28 heavy (non-hydrogen) atoms. The number of unbranched alkanes of at least 4 members (excludes halogenated alkanes) is 1. The third kappa shape index (κ3) is 2.44. The van der Waals surface area contributed by atoms with Crippen molar-refractivity contribution in [3.05, 3.63) is 66.2 Å². The van der Waals surface area contributed by atoms with Crippen LogP contribution in [0.25, 0.3) is 5.57 Å². The summed E-state index contributed by atoms with van der Waals surface area (Å²) in [4.78, 5) is 28.4. The Labute approximate surface area is 165 Å².